The maximum absolute atomic E-state index is 13.2. The summed E-state index contributed by atoms with van der Waals surface area (Å²) in [4.78, 5) is 1.70. The molecule has 2 aromatic heterocycles. The van der Waals surface area contributed by atoms with E-state index in [0.29, 0.717) is 55.1 Å². The third kappa shape index (κ3) is 4.80. The Morgan fingerprint density at radius 2 is 1.91 bits per heavy atom. The van der Waals surface area contributed by atoms with E-state index in [1.165, 1.54) is 22.7 Å². The molecule has 14 heteroatoms. The van der Waals surface area contributed by atoms with Gasteiger partial charge in [-0.3, -0.25) is 0 Å². The molecule has 0 amide bonds. The molecule has 1 aromatic carbocycles. The van der Waals surface area contributed by atoms with Crippen molar-refractivity contribution in [2.24, 2.45) is 0 Å². The molecular weight excluding hydrogens is 499 g/mol. The van der Waals surface area contributed by atoms with E-state index < -0.39 is 15.8 Å². The molecule has 1 fully saturated rings. The molecule has 172 valence electrons. The fraction of sp³-hybridized carbons (Fsp3) is 0.333. The van der Waals surface area contributed by atoms with Crippen LogP contribution in [0.2, 0.25) is 10.0 Å². The largest absolute Gasteiger partial charge is 0.504 e. The van der Waals surface area contributed by atoms with Gasteiger partial charge in [-0.15, -0.1) is 0 Å². The van der Waals surface area contributed by atoms with Crippen molar-refractivity contribution in [2.45, 2.75) is 11.4 Å². The van der Waals surface area contributed by atoms with E-state index in [9.17, 15) is 13.5 Å². The zero-order chi connectivity index (χ0) is 22.9. The maximum Gasteiger partial charge on any atom is 0.248 e. The number of furan rings is 1. The number of piperazine rings is 1. The first kappa shape index (κ1) is 23.1. The first-order valence-electron chi connectivity index (χ1n) is 9.52. The predicted octanol–water partition coefficient (Wildman–Crippen LogP) is 3.44. The van der Waals surface area contributed by atoms with Gasteiger partial charge in [-0.25, -0.2) is 8.42 Å². The third-order valence-electron chi connectivity index (χ3n) is 4.94. The Bertz CT molecular complexity index is 1210. The Morgan fingerprint density at radius 1 is 1.19 bits per heavy atom. The average Bonchev–Trinajstić information content (AvgIpc) is 3.37. The minimum atomic E-state index is -3.99. The Morgan fingerprint density at radius 3 is 2.59 bits per heavy atom. The molecular formula is C18H20Cl2N6O4S2. The van der Waals surface area contributed by atoms with Crippen LogP contribution in [0, 0.1) is 0 Å². The number of rotatable bonds is 7. The monoisotopic (exact) mass is 518 g/mol. The number of benzene rings is 1. The number of halogens is 2. The summed E-state index contributed by atoms with van der Waals surface area (Å²) in [7, 11) is -2.07. The maximum atomic E-state index is 13.2. The number of aromatic hydroxyl groups is 1. The molecule has 0 atom stereocenters. The average molecular weight is 519 g/mol. The lowest BCUT2D eigenvalue weighted by atomic mass is 10.3. The minimum absolute atomic E-state index is 0.0589. The van der Waals surface area contributed by atoms with Crippen molar-refractivity contribution in [1.29, 1.82) is 0 Å². The summed E-state index contributed by atoms with van der Waals surface area (Å²) in [5, 5.41) is 17.2. The van der Waals surface area contributed by atoms with Crippen LogP contribution in [0.4, 0.5) is 17.3 Å². The lowest BCUT2D eigenvalue weighted by Crippen LogP contribution is -2.47. The van der Waals surface area contributed by atoms with E-state index >= 15 is 0 Å². The van der Waals surface area contributed by atoms with E-state index in [1.807, 2.05) is 11.9 Å². The second-order valence-electron chi connectivity index (χ2n) is 7.15. The summed E-state index contributed by atoms with van der Waals surface area (Å²) >= 11 is 13.0. The highest BCUT2D eigenvalue weighted by Crippen LogP contribution is 2.40. The highest BCUT2D eigenvalue weighted by Gasteiger charge is 2.33. The molecule has 0 radical (unpaired) electrons. The van der Waals surface area contributed by atoms with Crippen molar-refractivity contribution < 1.29 is 17.9 Å². The van der Waals surface area contributed by atoms with Crippen molar-refractivity contribution in [3.63, 3.8) is 0 Å². The molecule has 3 aromatic rings. The topological polar surface area (TPSA) is 124 Å². The summed E-state index contributed by atoms with van der Waals surface area (Å²) in [6.07, 6.45) is 1.42. The molecule has 32 heavy (non-hydrogen) atoms. The lowest BCUT2D eigenvalue weighted by Gasteiger charge is -2.32. The van der Waals surface area contributed by atoms with Gasteiger partial charge in [0.25, 0.3) is 0 Å². The van der Waals surface area contributed by atoms with Gasteiger partial charge >= 0.3 is 0 Å². The van der Waals surface area contributed by atoms with Crippen molar-refractivity contribution >= 4 is 62.3 Å². The highest BCUT2D eigenvalue weighted by atomic mass is 35.5. The molecule has 3 heterocycles. The molecule has 4 rings (SSSR count). The van der Waals surface area contributed by atoms with Gasteiger partial charge in [-0.05, 0) is 19.2 Å². The third-order valence-corrected chi connectivity index (χ3v) is 8.06. The number of hydrogen-bond donors (Lipinski definition) is 3. The summed E-state index contributed by atoms with van der Waals surface area (Å²) in [6.45, 7) is 2.12. The molecule has 0 spiro atoms. The van der Waals surface area contributed by atoms with Crippen LogP contribution in [0.5, 0.6) is 5.75 Å². The Kier molecular flexibility index (Phi) is 6.79. The Balaban J connectivity index is 1.57. The number of hydrogen-bond acceptors (Lipinski definition) is 10. The van der Waals surface area contributed by atoms with Gasteiger partial charge in [0.1, 0.15) is 16.9 Å². The van der Waals surface area contributed by atoms with E-state index in [4.69, 9.17) is 27.6 Å². The molecule has 1 aliphatic heterocycles. The van der Waals surface area contributed by atoms with Gasteiger partial charge in [0.15, 0.2) is 17.4 Å². The molecule has 0 bridgehead atoms. The van der Waals surface area contributed by atoms with E-state index in [1.54, 1.807) is 6.07 Å². The van der Waals surface area contributed by atoms with Crippen LogP contribution >= 0.6 is 34.9 Å². The van der Waals surface area contributed by atoms with Gasteiger partial charge in [0, 0.05) is 32.2 Å². The van der Waals surface area contributed by atoms with Gasteiger partial charge in [-0.2, -0.15) is 13.1 Å². The number of likely N-dealkylation sites (N-methyl/N-ethyl adjacent to an activating group) is 1. The zero-order valence-corrected chi connectivity index (χ0v) is 20.0. The number of aromatic nitrogens is 2. The summed E-state index contributed by atoms with van der Waals surface area (Å²) < 4.78 is 41.3. The molecule has 1 saturated heterocycles. The second-order valence-corrected chi connectivity index (χ2v) is 10.4. The number of nitrogens with one attached hydrogen (secondary N) is 2. The fourth-order valence-electron chi connectivity index (χ4n) is 3.18. The van der Waals surface area contributed by atoms with E-state index in [0.717, 1.165) is 11.7 Å². The Labute approximate surface area is 199 Å². The standard InChI is InChI=1S/C18H20Cl2N6O4S2/c1-25-4-6-26(7-5-25)32(28,29)16-13(20)2-3-14(15(16)27)22-18-17(23-31-24-18)21-9-12-8-11(19)10-30-12/h2-3,8,10,27H,4-7,9H2,1H3,(H,21,23)(H,22,24). The van der Waals surface area contributed by atoms with Crippen molar-refractivity contribution in [3.8, 4) is 5.75 Å². The fourth-order valence-corrected chi connectivity index (χ4v) is 5.85. The highest BCUT2D eigenvalue weighted by molar-refractivity contribution is 7.89. The molecule has 0 unspecified atom stereocenters. The second kappa shape index (κ2) is 9.41. The lowest BCUT2D eigenvalue weighted by molar-refractivity contribution is 0.222. The number of sulfonamides is 1. The van der Waals surface area contributed by atoms with Crippen LogP contribution in [-0.2, 0) is 16.6 Å². The summed E-state index contributed by atoms with van der Waals surface area (Å²) in [5.41, 5.74) is 0.138. The van der Waals surface area contributed by atoms with Crippen molar-refractivity contribution in [3.05, 3.63) is 40.3 Å². The van der Waals surface area contributed by atoms with Gasteiger partial charge in [-0.1, -0.05) is 23.2 Å². The number of phenolic OH excluding ortho intramolecular Hbond substituents is 1. The van der Waals surface area contributed by atoms with Gasteiger partial charge in [0.2, 0.25) is 10.0 Å². The van der Waals surface area contributed by atoms with Crippen molar-refractivity contribution in [2.75, 3.05) is 43.9 Å². The van der Waals surface area contributed by atoms with Gasteiger partial charge in [0.05, 0.1) is 34.0 Å². The van der Waals surface area contributed by atoms with Crippen molar-refractivity contribution in [1.82, 2.24) is 18.0 Å². The zero-order valence-electron chi connectivity index (χ0n) is 16.9. The predicted molar refractivity (Wildman–Crippen MR) is 124 cm³/mol. The van der Waals surface area contributed by atoms with Crippen LogP contribution < -0.4 is 10.6 Å². The van der Waals surface area contributed by atoms with Crippen LogP contribution in [0.3, 0.4) is 0 Å². The normalized spacial score (nSPS) is 15.7. The quantitative estimate of drug-likeness (QED) is 0.403. The first-order chi connectivity index (χ1) is 15.3. The van der Waals surface area contributed by atoms with Gasteiger partial charge < -0.3 is 25.1 Å². The number of nitrogens with zero attached hydrogens (tertiary/aromatic N) is 4. The Hall–Kier alpha value is -2.09. The van der Waals surface area contributed by atoms with Crippen LogP contribution in [-0.4, -0.2) is 64.7 Å². The van der Waals surface area contributed by atoms with Crippen LogP contribution in [0.1, 0.15) is 5.76 Å². The smallest absolute Gasteiger partial charge is 0.248 e. The van der Waals surface area contributed by atoms with Crippen LogP contribution in [0.15, 0.2) is 33.8 Å². The number of anilines is 3. The summed E-state index contributed by atoms with van der Waals surface area (Å²) in [6, 6.07) is 4.57. The molecule has 1 aliphatic rings. The molecule has 0 saturated carbocycles. The first-order valence-corrected chi connectivity index (χ1v) is 12.4. The van der Waals surface area contributed by atoms with E-state index in [-0.39, 0.29) is 15.6 Å². The number of phenols is 1. The molecule has 0 aliphatic carbocycles. The van der Waals surface area contributed by atoms with Crippen LogP contribution in [0.25, 0.3) is 0 Å². The molecule has 3 N–H and O–H groups in total. The minimum Gasteiger partial charge on any atom is -0.504 e. The summed E-state index contributed by atoms with van der Waals surface area (Å²) in [5.74, 6) is 0.839. The van der Waals surface area contributed by atoms with E-state index in [2.05, 4.69) is 19.4 Å². The molecule has 10 nitrogen and oxygen atoms in total. The SMILES string of the molecule is CN1CCN(S(=O)(=O)c2c(Cl)ccc(Nc3nsnc3NCc3cc(Cl)co3)c2O)CC1.